The third-order valence-corrected chi connectivity index (χ3v) is 8.92. The van der Waals surface area contributed by atoms with Crippen LogP contribution in [0.15, 0.2) is 76.0 Å². The first-order chi connectivity index (χ1) is 17.1. The number of para-hydroxylation sites is 1. The minimum atomic E-state index is -0.317. The van der Waals surface area contributed by atoms with Crippen LogP contribution in [0.3, 0.4) is 0 Å². The van der Waals surface area contributed by atoms with Gasteiger partial charge in [-0.05, 0) is 24.1 Å². The first-order valence-electron chi connectivity index (χ1n) is 12.3. The van der Waals surface area contributed by atoms with Crippen molar-refractivity contribution in [2.75, 3.05) is 18.4 Å². The van der Waals surface area contributed by atoms with Crippen molar-refractivity contribution in [1.29, 1.82) is 0 Å². The lowest BCUT2D eigenvalue weighted by atomic mass is 9.61. The first kappa shape index (κ1) is 20.6. The standard InChI is InChI=1S/C28H26N4O3/c1-2-17-14-32(15-24-29-27(31-35-24)18-7-4-3-5-8-18)12-11-28-21-9-6-10-22(34)25(21)30-26(28)20(16-33)19(17)13-23(28)32/h2-10,16,19,23H,11-15H2,1H3,(H-,30,33,34)/p+1/b17-2-/t19-,23+,28+,32?/m0/s1. The maximum atomic E-state index is 12.5. The number of aromatic hydroxyl groups is 1. The molecule has 0 radical (unpaired) electrons. The molecule has 7 nitrogen and oxygen atoms in total. The van der Waals surface area contributed by atoms with E-state index in [1.807, 2.05) is 36.4 Å². The number of nitrogens with zero attached hydrogens (tertiary/aromatic N) is 3. The Morgan fingerprint density at radius 3 is 2.89 bits per heavy atom. The van der Waals surface area contributed by atoms with Crippen LogP contribution >= 0.6 is 0 Å². The summed E-state index contributed by atoms with van der Waals surface area (Å²) in [4.78, 5) is 17.2. The van der Waals surface area contributed by atoms with Crippen molar-refractivity contribution < 1.29 is 18.9 Å². The van der Waals surface area contributed by atoms with Gasteiger partial charge in [0.2, 0.25) is 5.82 Å². The van der Waals surface area contributed by atoms with E-state index in [0.717, 1.165) is 64.8 Å². The molecule has 3 aromatic rings. The Morgan fingerprint density at radius 1 is 1.23 bits per heavy atom. The van der Waals surface area contributed by atoms with Crippen molar-refractivity contribution in [3.63, 3.8) is 0 Å². The van der Waals surface area contributed by atoms with Crippen molar-refractivity contribution in [2.45, 2.75) is 37.8 Å². The molecule has 176 valence electrons. The number of carbonyl (C=O) groups is 1. The van der Waals surface area contributed by atoms with E-state index in [-0.39, 0.29) is 23.1 Å². The number of piperidine rings is 1. The van der Waals surface area contributed by atoms with Crippen molar-refractivity contribution >= 4 is 12.0 Å². The second-order valence-corrected chi connectivity index (χ2v) is 10.3. The molecule has 1 aliphatic carbocycles. The van der Waals surface area contributed by atoms with Crippen LogP contribution in [-0.2, 0) is 16.8 Å². The molecule has 2 bridgehead atoms. The summed E-state index contributed by atoms with van der Waals surface area (Å²) in [7, 11) is 0. The van der Waals surface area contributed by atoms with Gasteiger partial charge in [0.15, 0.2) is 6.54 Å². The average Bonchev–Trinajstić information content (AvgIpc) is 3.58. The number of nitrogens with one attached hydrogen (secondary N) is 1. The molecule has 2 saturated heterocycles. The molecule has 0 saturated carbocycles. The number of allylic oxidation sites excluding steroid dienone is 2. The van der Waals surface area contributed by atoms with E-state index >= 15 is 0 Å². The largest absolute Gasteiger partial charge is 0.506 e. The van der Waals surface area contributed by atoms with Gasteiger partial charge >= 0.3 is 0 Å². The number of phenolic OH excluding ortho intramolecular Hbond substituents is 1. The average molecular weight is 468 g/mol. The minimum Gasteiger partial charge on any atom is -0.506 e. The number of quaternary nitrogens is 1. The summed E-state index contributed by atoms with van der Waals surface area (Å²) in [5.74, 6) is 1.59. The van der Waals surface area contributed by atoms with Crippen molar-refractivity contribution in [3.05, 3.63) is 82.9 Å². The van der Waals surface area contributed by atoms with Gasteiger partial charge in [-0.25, -0.2) is 0 Å². The summed E-state index contributed by atoms with van der Waals surface area (Å²) < 4.78 is 6.61. The second-order valence-electron chi connectivity index (χ2n) is 10.3. The number of aromatic nitrogens is 2. The fourth-order valence-electron chi connectivity index (χ4n) is 7.47. The van der Waals surface area contributed by atoms with Gasteiger partial charge in [-0.2, -0.15) is 4.98 Å². The number of phenols is 1. The van der Waals surface area contributed by atoms with E-state index in [4.69, 9.17) is 9.51 Å². The van der Waals surface area contributed by atoms with Crippen molar-refractivity contribution in [2.24, 2.45) is 5.92 Å². The smallest absolute Gasteiger partial charge is 0.282 e. The molecule has 3 aliphatic heterocycles. The molecule has 1 unspecified atom stereocenters. The number of fused-ring (bicyclic) bond motifs is 2. The predicted molar refractivity (Wildman–Crippen MR) is 130 cm³/mol. The maximum absolute atomic E-state index is 12.5. The lowest BCUT2D eigenvalue weighted by Gasteiger charge is -2.52. The Labute approximate surface area is 203 Å². The first-order valence-corrected chi connectivity index (χ1v) is 12.3. The molecule has 35 heavy (non-hydrogen) atoms. The number of hydrogen-bond donors (Lipinski definition) is 2. The summed E-state index contributed by atoms with van der Waals surface area (Å²) in [6.45, 7) is 4.51. The summed E-state index contributed by atoms with van der Waals surface area (Å²) in [5, 5.41) is 18.5. The molecular formula is C28H27N4O3+. The lowest BCUT2D eigenvalue weighted by molar-refractivity contribution is -0.955. The Morgan fingerprint density at radius 2 is 2.09 bits per heavy atom. The van der Waals surface area contributed by atoms with Crippen LogP contribution in [0.25, 0.3) is 11.4 Å². The van der Waals surface area contributed by atoms with E-state index in [1.165, 1.54) is 5.57 Å². The van der Waals surface area contributed by atoms with E-state index in [0.29, 0.717) is 18.3 Å². The van der Waals surface area contributed by atoms with E-state index in [2.05, 4.69) is 29.5 Å². The molecule has 2 N–H and O–H groups in total. The molecule has 4 heterocycles. The Hall–Kier alpha value is -3.71. The summed E-state index contributed by atoms with van der Waals surface area (Å²) >= 11 is 0. The van der Waals surface area contributed by atoms with E-state index in [1.54, 1.807) is 6.07 Å². The summed E-state index contributed by atoms with van der Waals surface area (Å²) in [6.07, 6.45) is 5.02. The Bertz CT molecular complexity index is 1420. The minimum absolute atomic E-state index is 0.0986. The van der Waals surface area contributed by atoms with E-state index < -0.39 is 0 Å². The number of anilines is 1. The van der Waals surface area contributed by atoms with Gasteiger partial charge in [-0.3, -0.25) is 4.79 Å². The zero-order valence-corrected chi connectivity index (χ0v) is 19.6. The molecule has 4 atom stereocenters. The quantitative estimate of drug-likeness (QED) is 0.257. The number of hydrogen-bond acceptors (Lipinski definition) is 6. The molecule has 2 fully saturated rings. The second kappa shape index (κ2) is 7.15. The zero-order chi connectivity index (χ0) is 23.8. The fraction of sp³-hybridized carbons (Fsp3) is 0.321. The highest BCUT2D eigenvalue weighted by molar-refractivity contribution is 5.86. The van der Waals surface area contributed by atoms with Crippen LogP contribution in [-0.4, -0.2) is 45.1 Å². The van der Waals surface area contributed by atoms with Crippen LogP contribution < -0.4 is 5.32 Å². The van der Waals surface area contributed by atoms with Gasteiger partial charge in [0.1, 0.15) is 24.6 Å². The third kappa shape index (κ3) is 2.61. The molecule has 4 aliphatic rings. The number of carbonyl (C=O) groups excluding carboxylic acids is 1. The van der Waals surface area contributed by atoms with Crippen LogP contribution in [0.5, 0.6) is 5.75 Å². The van der Waals surface area contributed by atoms with Gasteiger partial charge in [-0.1, -0.05) is 53.7 Å². The van der Waals surface area contributed by atoms with Gasteiger partial charge in [0, 0.05) is 35.6 Å². The molecule has 1 spiro atoms. The lowest BCUT2D eigenvalue weighted by Crippen LogP contribution is -2.62. The molecule has 7 heteroatoms. The highest BCUT2D eigenvalue weighted by atomic mass is 16.5. The molecule has 0 amide bonds. The Balaban J connectivity index is 1.37. The van der Waals surface area contributed by atoms with Crippen LogP contribution in [0.1, 0.15) is 31.2 Å². The predicted octanol–water partition coefficient (Wildman–Crippen LogP) is 4.33. The molecular weight excluding hydrogens is 440 g/mol. The molecule has 2 aromatic carbocycles. The third-order valence-electron chi connectivity index (χ3n) is 8.92. The molecule has 7 rings (SSSR count). The van der Waals surface area contributed by atoms with Crippen LogP contribution in [0, 0.1) is 5.92 Å². The van der Waals surface area contributed by atoms with Gasteiger partial charge in [0.05, 0.1) is 17.6 Å². The summed E-state index contributed by atoms with van der Waals surface area (Å²) in [6, 6.07) is 15.9. The molecule has 1 aromatic heterocycles. The Kier molecular flexibility index (Phi) is 4.22. The van der Waals surface area contributed by atoms with Gasteiger partial charge < -0.3 is 19.4 Å². The normalized spacial score (nSPS) is 31.3. The van der Waals surface area contributed by atoms with Gasteiger partial charge in [-0.15, -0.1) is 0 Å². The number of rotatable bonds is 4. The number of aldehydes is 1. The SMILES string of the molecule is C/C=C1/C[N+]2(Cc3nc(-c4ccccc4)no3)CC[C@]34C(=C(C=O)[C@H]1C[C@H]32)Nc1c(O)cccc14. The summed E-state index contributed by atoms with van der Waals surface area (Å²) in [5.41, 5.74) is 5.60. The van der Waals surface area contributed by atoms with Crippen LogP contribution in [0.4, 0.5) is 5.69 Å². The highest BCUT2D eigenvalue weighted by Crippen LogP contribution is 2.64. The highest BCUT2D eigenvalue weighted by Gasteiger charge is 2.69. The zero-order valence-electron chi connectivity index (χ0n) is 19.6. The maximum Gasteiger partial charge on any atom is 0.282 e. The van der Waals surface area contributed by atoms with Crippen molar-refractivity contribution in [3.8, 4) is 17.1 Å². The van der Waals surface area contributed by atoms with E-state index in [9.17, 15) is 9.90 Å². The van der Waals surface area contributed by atoms with Crippen molar-refractivity contribution in [1.82, 2.24) is 10.1 Å². The number of benzene rings is 2. The fourth-order valence-corrected chi connectivity index (χ4v) is 7.47. The topological polar surface area (TPSA) is 88.2 Å². The van der Waals surface area contributed by atoms with Gasteiger partial charge in [0.25, 0.3) is 5.89 Å². The van der Waals surface area contributed by atoms with Crippen LogP contribution in [0.2, 0.25) is 0 Å². The monoisotopic (exact) mass is 467 g/mol.